The SMILES string of the molecule is Nc1ccc(C(=O)NN2CCCCC2)nc1. The van der Waals surface area contributed by atoms with E-state index >= 15 is 0 Å². The molecular formula is C11H16N4O. The number of nitrogens with two attached hydrogens (primary N) is 1. The van der Waals surface area contributed by atoms with E-state index in [1.807, 2.05) is 5.01 Å². The molecule has 86 valence electrons. The lowest BCUT2D eigenvalue weighted by molar-refractivity contribution is 0.0745. The molecule has 5 heteroatoms. The van der Waals surface area contributed by atoms with Crippen molar-refractivity contribution < 1.29 is 4.79 Å². The maximum atomic E-state index is 11.8. The van der Waals surface area contributed by atoms with Crippen molar-refractivity contribution in [2.24, 2.45) is 0 Å². The molecule has 1 aromatic rings. The second-order valence-corrected chi connectivity index (χ2v) is 3.97. The molecule has 2 rings (SSSR count). The van der Waals surface area contributed by atoms with E-state index in [2.05, 4.69) is 10.4 Å². The number of hydrazine groups is 1. The van der Waals surface area contributed by atoms with Crippen molar-refractivity contribution in [2.45, 2.75) is 19.3 Å². The number of carbonyl (C=O) groups is 1. The molecule has 1 aromatic heterocycles. The minimum atomic E-state index is -0.165. The number of amides is 1. The van der Waals surface area contributed by atoms with Crippen molar-refractivity contribution in [1.29, 1.82) is 0 Å². The first-order valence-corrected chi connectivity index (χ1v) is 5.53. The Hall–Kier alpha value is -1.62. The van der Waals surface area contributed by atoms with Gasteiger partial charge in [0.2, 0.25) is 0 Å². The van der Waals surface area contributed by atoms with Gasteiger partial charge in [0, 0.05) is 13.1 Å². The van der Waals surface area contributed by atoms with Crippen LogP contribution in [0.4, 0.5) is 5.69 Å². The fraction of sp³-hybridized carbons (Fsp3) is 0.455. The molecule has 0 aliphatic carbocycles. The highest BCUT2D eigenvalue weighted by molar-refractivity contribution is 5.92. The Morgan fingerprint density at radius 2 is 2.06 bits per heavy atom. The molecule has 2 heterocycles. The molecule has 0 radical (unpaired) electrons. The molecule has 1 aliphatic heterocycles. The number of aromatic nitrogens is 1. The molecule has 1 fully saturated rings. The zero-order valence-corrected chi connectivity index (χ0v) is 9.15. The van der Waals surface area contributed by atoms with Crippen LogP contribution < -0.4 is 11.2 Å². The predicted molar refractivity (Wildman–Crippen MR) is 61.5 cm³/mol. The van der Waals surface area contributed by atoms with Gasteiger partial charge in [0.1, 0.15) is 5.69 Å². The molecule has 0 spiro atoms. The van der Waals surface area contributed by atoms with E-state index in [0.29, 0.717) is 11.4 Å². The van der Waals surface area contributed by atoms with Crippen molar-refractivity contribution in [3.05, 3.63) is 24.0 Å². The third-order valence-corrected chi connectivity index (χ3v) is 2.63. The summed E-state index contributed by atoms with van der Waals surface area (Å²) < 4.78 is 0. The van der Waals surface area contributed by atoms with E-state index in [-0.39, 0.29) is 5.91 Å². The molecule has 0 saturated carbocycles. The molecule has 0 aromatic carbocycles. The summed E-state index contributed by atoms with van der Waals surface area (Å²) in [7, 11) is 0. The summed E-state index contributed by atoms with van der Waals surface area (Å²) >= 11 is 0. The first kappa shape index (κ1) is 10.9. The minimum Gasteiger partial charge on any atom is -0.397 e. The molecule has 1 amide bonds. The maximum Gasteiger partial charge on any atom is 0.284 e. The van der Waals surface area contributed by atoms with Crippen LogP contribution in [-0.2, 0) is 0 Å². The number of carbonyl (C=O) groups excluding carboxylic acids is 1. The molecule has 3 N–H and O–H groups in total. The minimum absolute atomic E-state index is 0.165. The van der Waals surface area contributed by atoms with Crippen molar-refractivity contribution >= 4 is 11.6 Å². The highest BCUT2D eigenvalue weighted by Gasteiger charge is 2.14. The summed E-state index contributed by atoms with van der Waals surface area (Å²) in [6.45, 7) is 1.83. The molecule has 0 atom stereocenters. The van der Waals surface area contributed by atoms with Crippen LogP contribution in [0.15, 0.2) is 18.3 Å². The lowest BCUT2D eigenvalue weighted by Crippen LogP contribution is -2.45. The van der Waals surface area contributed by atoms with Gasteiger partial charge in [-0.1, -0.05) is 6.42 Å². The number of nitrogens with one attached hydrogen (secondary N) is 1. The molecular weight excluding hydrogens is 204 g/mol. The molecule has 1 aliphatic rings. The Kier molecular flexibility index (Phi) is 3.36. The summed E-state index contributed by atoms with van der Waals surface area (Å²) in [5.41, 5.74) is 9.32. The number of nitrogens with zero attached hydrogens (tertiary/aromatic N) is 2. The number of hydrogen-bond donors (Lipinski definition) is 2. The topological polar surface area (TPSA) is 71.2 Å². The van der Waals surface area contributed by atoms with Gasteiger partial charge in [-0.3, -0.25) is 10.2 Å². The second kappa shape index (κ2) is 4.94. The number of anilines is 1. The Balaban J connectivity index is 1.94. The van der Waals surface area contributed by atoms with Gasteiger partial charge in [-0.25, -0.2) is 9.99 Å². The van der Waals surface area contributed by atoms with Crippen molar-refractivity contribution in [1.82, 2.24) is 15.4 Å². The van der Waals surface area contributed by atoms with Gasteiger partial charge in [-0.2, -0.15) is 0 Å². The summed E-state index contributed by atoms with van der Waals surface area (Å²) in [5, 5.41) is 1.95. The second-order valence-electron chi connectivity index (χ2n) is 3.97. The zero-order valence-electron chi connectivity index (χ0n) is 9.15. The van der Waals surface area contributed by atoms with Crippen LogP contribution in [0.3, 0.4) is 0 Å². The largest absolute Gasteiger partial charge is 0.397 e. The fourth-order valence-corrected chi connectivity index (χ4v) is 1.75. The summed E-state index contributed by atoms with van der Waals surface area (Å²) in [4.78, 5) is 15.7. The van der Waals surface area contributed by atoms with Gasteiger partial charge in [0.25, 0.3) is 5.91 Å². The predicted octanol–water partition coefficient (Wildman–Crippen LogP) is 0.794. The van der Waals surface area contributed by atoms with Gasteiger partial charge in [0.15, 0.2) is 0 Å². The lowest BCUT2D eigenvalue weighted by Gasteiger charge is -2.26. The number of nitrogen functional groups attached to an aromatic ring is 1. The van der Waals surface area contributed by atoms with Crippen LogP contribution >= 0.6 is 0 Å². The third-order valence-electron chi connectivity index (χ3n) is 2.63. The zero-order chi connectivity index (χ0) is 11.4. The van der Waals surface area contributed by atoms with Gasteiger partial charge in [-0.15, -0.1) is 0 Å². The molecule has 0 bridgehead atoms. The molecule has 5 nitrogen and oxygen atoms in total. The number of piperidine rings is 1. The van der Waals surface area contributed by atoms with E-state index in [0.717, 1.165) is 25.9 Å². The Morgan fingerprint density at radius 1 is 1.31 bits per heavy atom. The van der Waals surface area contributed by atoms with E-state index in [4.69, 9.17) is 5.73 Å². The van der Waals surface area contributed by atoms with Crippen LogP contribution in [-0.4, -0.2) is 29.0 Å². The van der Waals surface area contributed by atoms with Gasteiger partial charge < -0.3 is 5.73 Å². The van der Waals surface area contributed by atoms with Crippen LogP contribution in [0, 0.1) is 0 Å². The Bertz CT molecular complexity index is 357. The summed E-state index contributed by atoms with van der Waals surface area (Å²) in [5.74, 6) is -0.165. The smallest absolute Gasteiger partial charge is 0.284 e. The molecule has 0 unspecified atom stereocenters. The van der Waals surface area contributed by atoms with Crippen LogP contribution in [0.25, 0.3) is 0 Å². The Labute approximate surface area is 94.6 Å². The first-order chi connectivity index (χ1) is 7.75. The van der Waals surface area contributed by atoms with E-state index in [1.165, 1.54) is 12.6 Å². The average molecular weight is 220 g/mol. The molecule has 1 saturated heterocycles. The van der Waals surface area contributed by atoms with Crippen molar-refractivity contribution in [2.75, 3.05) is 18.8 Å². The number of hydrogen-bond acceptors (Lipinski definition) is 4. The van der Waals surface area contributed by atoms with E-state index in [9.17, 15) is 4.79 Å². The standard InChI is InChI=1S/C11H16N4O/c12-9-4-5-10(13-8-9)11(16)14-15-6-2-1-3-7-15/h4-5,8H,1-3,6-7,12H2,(H,14,16). The number of rotatable bonds is 2. The quantitative estimate of drug-likeness (QED) is 0.773. The van der Waals surface area contributed by atoms with Gasteiger partial charge in [0.05, 0.1) is 11.9 Å². The highest BCUT2D eigenvalue weighted by atomic mass is 16.2. The molecule has 16 heavy (non-hydrogen) atoms. The third kappa shape index (κ3) is 2.70. The highest BCUT2D eigenvalue weighted by Crippen LogP contribution is 2.07. The fourth-order valence-electron chi connectivity index (χ4n) is 1.75. The van der Waals surface area contributed by atoms with Gasteiger partial charge >= 0.3 is 0 Å². The summed E-state index contributed by atoms with van der Waals surface area (Å²) in [6.07, 6.45) is 5.00. The van der Waals surface area contributed by atoms with Crippen LogP contribution in [0.2, 0.25) is 0 Å². The number of pyridine rings is 1. The van der Waals surface area contributed by atoms with E-state index < -0.39 is 0 Å². The van der Waals surface area contributed by atoms with Gasteiger partial charge in [-0.05, 0) is 25.0 Å². The Morgan fingerprint density at radius 3 is 2.69 bits per heavy atom. The van der Waals surface area contributed by atoms with Crippen LogP contribution in [0.5, 0.6) is 0 Å². The lowest BCUT2D eigenvalue weighted by atomic mass is 10.2. The van der Waals surface area contributed by atoms with Crippen LogP contribution in [0.1, 0.15) is 29.8 Å². The normalized spacial score (nSPS) is 17.0. The maximum absolute atomic E-state index is 11.8. The van der Waals surface area contributed by atoms with Crippen molar-refractivity contribution in [3.63, 3.8) is 0 Å². The monoisotopic (exact) mass is 220 g/mol. The van der Waals surface area contributed by atoms with Crippen molar-refractivity contribution in [3.8, 4) is 0 Å². The first-order valence-electron chi connectivity index (χ1n) is 5.53. The summed E-state index contributed by atoms with van der Waals surface area (Å²) in [6, 6.07) is 3.31. The average Bonchev–Trinajstić information content (AvgIpc) is 2.31. The van der Waals surface area contributed by atoms with E-state index in [1.54, 1.807) is 12.1 Å².